The Bertz CT molecular complexity index is 1330. The zero-order chi connectivity index (χ0) is 25.2. The van der Waals surface area contributed by atoms with E-state index in [1.165, 1.54) is 25.2 Å². The summed E-state index contributed by atoms with van der Waals surface area (Å²) in [5.41, 5.74) is -1.17. The second-order valence-electron chi connectivity index (χ2n) is 7.78. The summed E-state index contributed by atoms with van der Waals surface area (Å²) >= 11 is 0. The first-order valence-corrected chi connectivity index (χ1v) is 10.6. The molecule has 3 aromatic rings. The van der Waals surface area contributed by atoms with Crippen LogP contribution in [0.15, 0.2) is 47.3 Å². The van der Waals surface area contributed by atoms with Crippen LogP contribution in [0.1, 0.15) is 16.1 Å². The lowest BCUT2D eigenvalue weighted by atomic mass is 10.1. The quantitative estimate of drug-likeness (QED) is 0.549. The molecule has 1 aliphatic heterocycles. The van der Waals surface area contributed by atoms with E-state index in [-0.39, 0.29) is 22.2 Å². The van der Waals surface area contributed by atoms with Gasteiger partial charge in [0.25, 0.3) is 11.5 Å². The minimum Gasteiger partial charge on any atom is -0.451 e. The van der Waals surface area contributed by atoms with Crippen molar-refractivity contribution in [3.63, 3.8) is 0 Å². The van der Waals surface area contributed by atoms with Gasteiger partial charge >= 0.3 is 12.1 Å². The van der Waals surface area contributed by atoms with Gasteiger partial charge in [-0.25, -0.2) is 9.48 Å². The van der Waals surface area contributed by atoms with Gasteiger partial charge in [-0.3, -0.25) is 9.59 Å². The van der Waals surface area contributed by atoms with Gasteiger partial charge in [0.05, 0.1) is 35.5 Å². The summed E-state index contributed by atoms with van der Waals surface area (Å²) in [5, 5.41) is 6.85. The Morgan fingerprint density at radius 2 is 1.80 bits per heavy atom. The summed E-state index contributed by atoms with van der Waals surface area (Å²) in [4.78, 5) is 39.2. The molecule has 12 heteroatoms. The number of fused-ring (bicyclic) bond motifs is 1. The number of carbonyl (C=O) groups is 2. The maximum atomic E-state index is 13.3. The SMILES string of the molecule is Cn1nc(C(=O)OCC(=O)Nc2cc(C(F)(F)F)ccc2N2CCOCC2)c2ccccc2c1=O. The Hall–Kier alpha value is -3.93. The third-order valence-corrected chi connectivity index (χ3v) is 5.43. The first kappa shape index (κ1) is 24.2. The molecule has 2 aromatic carbocycles. The van der Waals surface area contributed by atoms with Crippen LogP contribution < -0.4 is 15.8 Å². The summed E-state index contributed by atoms with van der Waals surface area (Å²) < 4.78 is 51.1. The van der Waals surface area contributed by atoms with Crippen LogP contribution >= 0.6 is 0 Å². The van der Waals surface area contributed by atoms with E-state index in [0.717, 1.165) is 16.8 Å². The second-order valence-corrected chi connectivity index (χ2v) is 7.78. The van der Waals surface area contributed by atoms with Crippen molar-refractivity contribution in [3.05, 3.63) is 64.1 Å². The monoisotopic (exact) mass is 490 g/mol. The maximum absolute atomic E-state index is 13.3. The minimum absolute atomic E-state index is 0.0616. The number of halogens is 3. The summed E-state index contributed by atoms with van der Waals surface area (Å²) in [6, 6.07) is 9.38. The van der Waals surface area contributed by atoms with Gasteiger partial charge < -0.3 is 19.7 Å². The molecule has 184 valence electrons. The second kappa shape index (κ2) is 9.74. The number of amides is 1. The third-order valence-electron chi connectivity index (χ3n) is 5.43. The van der Waals surface area contributed by atoms with Gasteiger partial charge in [0.15, 0.2) is 12.3 Å². The van der Waals surface area contributed by atoms with E-state index in [1.54, 1.807) is 17.0 Å². The third kappa shape index (κ3) is 5.27. The largest absolute Gasteiger partial charge is 0.451 e. The number of aromatic nitrogens is 2. The van der Waals surface area contributed by atoms with Gasteiger partial charge in [0, 0.05) is 25.5 Å². The van der Waals surface area contributed by atoms with E-state index in [1.807, 2.05) is 0 Å². The van der Waals surface area contributed by atoms with E-state index in [4.69, 9.17) is 9.47 Å². The van der Waals surface area contributed by atoms with Gasteiger partial charge in [0.2, 0.25) is 0 Å². The molecule has 0 atom stereocenters. The van der Waals surface area contributed by atoms with Crippen LogP contribution in [0.25, 0.3) is 10.8 Å². The fraction of sp³-hybridized carbons (Fsp3) is 0.304. The summed E-state index contributed by atoms with van der Waals surface area (Å²) in [6.45, 7) is 0.902. The number of nitrogens with zero attached hydrogens (tertiary/aromatic N) is 3. The molecule has 0 radical (unpaired) electrons. The number of morpholine rings is 1. The number of rotatable bonds is 5. The van der Waals surface area contributed by atoms with Crippen LogP contribution in [-0.4, -0.2) is 54.6 Å². The van der Waals surface area contributed by atoms with Crippen molar-refractivity contribution >= 4 is 34.0 Å². The number of anilines is 2. The lowest BCUT2D eigenvalue weighted by Gasteiger charge is -2.31. The fourth-order valence-corrected chi connectivity index (χ4v) is 3.73. The lowest BCUT2D eigenvalue weighted by molar-refractivity contribution is -0.137. The summed E-state index contributed by atoms with van der Waals surface area (Å²) in [5.74, 6) is -1.79. The highest BCUT2D eigenvalue weighted by atomic mass is 19.4. The van der Waals surface area contributed by atoms with Crippen LogP contribution in [-0.2, 0) is 27.5 Å². The number of aryl methyl sites for hydroxylation is 1. The topological polar surface area (TPSA) is 103 Å². The molecule has 1 N–H and O–H groups in total. The maximum Gasteiger partial charge on any atom is 0.416 e. The predicted octanol–water partition coefficient (Wildman–Crippen LogP) is 2.58. The molecule has 0 aliphatic carbocycles. The molecular formula is C23H21F3N4O5. The van der Waals surface area contributed by atoms with E-state index in [2.05, 4.69) is 10.4 Å². The number of esters is 1. The Morgan fingerprint density at radius 1 is 1.11 bits per heavy atom. The van der Waals surface area contributed by atoms with Gasteiger partial charge in [-0.1, -0.05) is 18.2 Å². The first-order chi connectivity index (χ1) is 16.6. The Balaban J connectivity index is 1.53. The van der Waals surface area contributed by atoms with Crippen molar-refractivity contribution in [1.82, 2.24) is 9.78 Å². The lowest BCUT2D eigenvalue weighted by Crippen LogP contribution is -2.37. The molecule has 0 unspecified atom stereocenters. The Morgan fingerprint density at radius 3 is 2.49 bits per heavy atom. The highest BCUT2D eigenvalue weighted by molar-refractivity contribution is 6.03. The zero-order valence-corrected chi connectivity index (χ0v) is 18.6. The average molecular weight is 490 g/mol. The standard InChI is InChI=1S/C23H21F3N4O5/c1-29-21(32)16-5-3-2-4-15(16)20(28-29)22(33)35-13-19(31)27-17-12-14(23(24,25)26)6-7-18(17)30-8-10-34-11-9-30/h2-7,12H,8-11,13H2,1H3,(H,27,31). The van der Waals surface area contributed by atoms with E-state index in [0.29, 0.717) is 32.0 Å². The molecule has 1 fully saturated rings. The number of hydrogen-bond acceptors (Lipinski definition) is 7. The van der Waals surface area contributed by atoms with E-state index < -0.39 is 35.8 Å². The number of ether oxygens (including phenoxy) is 2. The minimum atomic E-state index is -4.61. The molecule has 2 heterocycles. The fourth-order valence-electron chi connectivity index (χ4n) is 3.73. The molecule has 35 heavy (non-hydrogen) atoms. The first-order valence-electron chi connectivity index (χ1n) is 10.6. The molecular weight excluding hydrogens is 469 g/mol. The van der Waals surface area contributed by atoms with Crippen molar-refractivity contribution in [1.29, 1.82) is 0 Å². The van der Waals surface area contributed by atoms with Gasteiger partial charge in [0.1, 0.15) is 0 Å². The van der Waals surface area contributed by atoms with Crippen molar-refractivity contribution in [2.45, 2.75) is 6.18 Å². The van der Waals surface area contributed by atoms with Crippen molar-refractivity contribution < 1.29 is 32.2 Å². The predicted molar refractivity (Wildman–Crippen MR) is 120 cm³/mol. The molecule has 9 nitrogen and oxygen atoms in total. The number of benzene rings is 2. The zero-order valence-electron chi connectivity index (χ0n) is 18.6. The van der Waals surface area contributed by atoms with Gasteiger partial charge in [-0.15, -0.1) is 0 Å². The molecule has 1 saturated heterocycles. The molecule has 1 aromatic heterocycles. The Labute approximate surface area is 197 Å². The number of carbonyl (C=O) groups excluding carboxylic acids is 2. The van der Waals surface area contributed by atoms with E-state index >= 15 is 0 Å². The molecule has 1 aliphatic rings. The van der Waals surface area contributed by atoms with Crippen LogP contribution in [0.3, 0.4) is 0 Å². The number of hydrogen-bond donors (Lipinski definition) is 1. The molecule has 4 rings (SSSR count). The molecule has 0 spiro atoms. The molecule has 0 saturated carbocycles. The van der Waals surface area contributed by atoms with Crippen molar-refractivity contribution in [2.24, 2.45) is 7.05 Å². The van der Waals surface area contributed by atoms with E-state index in [9.17, 15) is 27.6 Å². The van der Waals surface area contributed by atoms with Crippen LogP contribution in [0.5, 0.6) is 0 Å². The average Bonchev–Trinajstić information content (AvgIpc) is 2.84. The van der Waals surface area contributed by atoms with Gasteiger partial charge in [-0.2, -0.15) is 18.3 Å². The van der Waals surface area contributed by atoms with Crippen molar-refractivity contribution in [2.75, 3.05) is 43.1 Å². The Kier molecular flexibility index (Phi) is 6.74. The normalized spacial score (nSPS) is 14.1. The summed E-state index contributed by atoms with van der Waals surface area (Å²) in [6.07, 6.45) is -4.61. The van der Waals surface area contributed by atoms with Crippen molar-refractivity contribution in [3.8, 4) is 0 Å². The number of nitrogens with one attached hydrogen (secondary N) is 1. The smallest absolute Gasteiger partial charge is 0.416 e. The van der Waals surface area contributed by atoms with Crippen LogP contribution in [0, 0.1) is 0 Å². The highest BCUT2D eigenvalue weighted by Crippen LogP contribution is 2.35. The molecule has 1 amide bonds. The van der Waals surface area contributed by atoms with Crippen LogP contribution in [0.2, 0.25) is 0 Å². The number of alkyl halides is 3. The summed E-state index contributed by atoms with van der Waals surface area (Å²) in [7, 11) is 1.37. The highest BCUT2D eigenvalue weighted by Gasteiger charge is 2.32. The van der Waals surface area contributed by atoms with Gasteiger partial charge in [-0.05, 0) is 24.3 Å². The van der Waals surface area contributed by atoms with Crippen LogP contribution in [0.4, 0.5) is 24.5 Å². The molecule has 0 bridgehead atoms.